The summed E-state index contributed by atoms with van der Waals surface area (Å²) >= 11 is 0. The van der Waals surface area contributed by atoms with Crippen LogP contribution in [0.15, 0.2) is 4.42 Å². The van der Waals surface area contributed by atoms with E-state index in [1.54, 1.807) is 25.9 Å². The summed E-state index contributed by atoms with van der Waals surface area (Å²) in [4.78, 5) is 17.4. The fourth-order valence-electron chi connectivity index (χ4n) is 1.97. The van der Waals surface area contributed by atoms with Crippen LogP contribution in [0.5, 0.6) is 0 Å². The van der Waals surface area contributed by atoms with Gasteiger partial charge in [0.05, 0.1) is 6.54 Å². The van der Waals surface area contributed by atoms with E-state index in [-0.39, 0.29) is 6.03 Å². The van der Waals surface area contributed by atoms with Gasteiger partial charge in [-0.25, -0.2) is 4.79 Å². The van der Waals surface area contributed by atoms with Gasteiger partial charge in [0, 0.05) is 47.2 Å². The zero-order chi connectivity index (χ0) is 13.1. The Balaban J connectivity index is 1.82. The number of amides is 2. The van der Waals surface area contributed by atoms with Crippen molar-refractivity contribution in [2.45, 2.75) is 13.5 Å². The molecular formula is C11H19N5O2. The number of urea groups is 1. The summed E-state index contributed by atoms with van der Waals surface area (Å²) in [6.07, 6.45) is 0. The molecule has 0 saturated carbocycles. The minimum absolute atomic E-state index is 0.0725. The van der Waals surface area contributed by atoms with Crippen LogP contribution in [0, 0.1) is 6.92 Å². The molecule has 0 bridgehead atoms. The fourth-order valence-corrected chi connectivity index (χ4v) is 1.97. The monoisotopic (exact) mass is 253 g/mol. The van der Waals surface area contributed by atoms with Crippen molar-refractivity contribution in [3.05, 3.63) is 11.8 Å². The molecule has 1 aliphatic heterocycles. The van der Waals surface area contributed by atoms with E-state index in [9.17, 15) is 4.79 Å². The third-order valence-corrected chi connectivity index (χ3v) is 2.95. The van der Waals surface area contributed by atoms with E-state index < -0.39 is 0 Å². The minimum atomic E-state index is 0.0725. The van der Waals surface area contributed by atoms with Crippen LogP contribution in [-0.4, -0.2) is 71.2 Å². The van der Waals surface area contributed by atoms with E-state index in [2.05, 4.69) is 15.1 Å². The number of rotatable bonds is 2. The summed E-state index contributed by atoms with van der Waals surface area (Å²) in [7, 11) is 3.55. The first-order valence-electron chi connectivity index (χ1n) is 6.04. The molecule has 0 atom stereocenters. The smallest absolute Gasteiger partial charge is 0.319 e. The molecule has 0 aliphatic carbocycles. The van der Waals surface area contributed by atoms with Crippen molar-refractivity contribution in [2.24, 2.45) is 0 Å². The zero-order valence-electron chi connectivity index (χ0n) is 11.1. The van der Waals surface area contributed by atoms with Gasteiger partial charge in [-0.1, -0.05) is 0 Å². The molecule has 2 amide bonds. The molecule has 7 nitrogen and oxygen atoms in total. The van der Waals surface area contributed by atoms with Crippen LogP contribution in [0.25, 0.3) is 0 Å². The molecule has 0 N–H and O–H groups in total. The minimum Gasteiger partial charge on any atom is -0.424 e. The van der Waals surface area contributed by atoms with E-state index in [1.165, 1.54) is 0 Å². The number of carbonyl (C=O) groups excluding carboxylic acids is 1. The van der Waals surface area contributed by atoms with Crippen LogP contribution in [0.2, 0.25) is 0 Å². The van der Waals surface area contributed by atoms with Gasteiger partial charge in [0.1, 0.15) is 0 Å². The summed E-state index contributed by atoms with van der Waals surface area (Å²) < 4.78 is 5.35. The van der Waals surface area contributed by atoms with Crippen LogP contribution >= 0.6 is 0 Å². The van der Waals surface area contributed by atoms with Gasteiger partial charge < -0.3 is 14.2 Å². The van der Waals surface area contributed by atoms with Crippen molar-refractivity contribution in [1.82, 2.24) is 24.9 Å². The Kier molecular flexibility index (Phi) is 3.81. The van der Waals surface area contributed by atoms with E-state index >= 15 is 0 Å². The molecule has 1 fully saturated rings. The van der Waals surface area contributed by atoms with Crippen LogP contribution < -0.4 is 0 Å². The summed E-state index contributed by atoms with van der Waals surface area (Å²) in [6, 6.07) is 0.0725. The number of aryl methyl sites for hydroxylation is 1. The molecule has 7 heteroatoms. The predicted molar refractivity (Wildman–Crippen MR) is 65.0 cm³/mol. The third kappa shape index (κ3) is 2.98. The molecule has 2 heterocycles. The molecule has 18 heavy (non-hydrogen) atoms. The van der Waals surface area contributed by atoms with Crippen molar-refractivity contribution in [1.29, 1.82) is 0 Å². The molecule has 1 aliphatic rings. The lowest BCUT2D eigenvalue weighted by molar-refractivity contribution is 0.115. The van der Waals surface area contributed by atoms with E-state index in [0.717, 1.165) is 26.2 Å². The van der Waals surface area contributed by atoms with Crippen LogP contribution in [0.4, 0.5) is 4.79 Å². The molecule has 0 spiro atoms. The molecule has 0 radical (unpaired) electrons. The second-order valence-corrected chi connectivity index (χ2v) is 4.66. The Labute approximate surface area is 106 Å². The van der Waals surface area contributed by atoms with E-state index in [4.69, 9.17) is 4.42 Å². The Morgan fingerprint density at radius 3 is 2.44 bits per heavy atom. The standard InChI is InChI=1S/C11H19N5O2/c1-9-12-13-10(18-9)8-15-4-6-16(7-5-15)11(17)14(2)3/h4-8H2,1-3H3. The van der Waals surface area contributed by atoms with Gasteiger partial charge in [-0.05, 0) is 0 Å². The molecule has 0 aromatic carbocycles. The van der Waals surface area contributed by atoms with Crippen molar-refractivity contribution >= 4 is 6.03 Å². The SMILES string of the molecule is Cc1nnc(CN2CCN(C(=O)N(C)C)CC2)o1. The Bertz CT molecular complexity index is 409. The van der Waals surface area contributed by atoms with Gasteiger partial charge in [0.25, 0.3) is 0 Å². The van der Waals surface area contributed by atoms with Gasteiger partial charge in [0.15, 0.2) is 0 Å². The average molecular weight is 253 g/mol. The molecule has 100 valence electrons. The number of piperazine rings is 1. The maximum absolute atomic E-state index is 11.8. The predicted octanol–water partition coefficient (Wildman–Crippen LogP) is 0.177. The Hall–Kier alpha value is -1.63. The lowest BCUT2D eigenvalue weighted by atomic mass is 10.3. The molecule has 2 rings (SSSR count). The first-order chi connectivity index (χ1) is 8.56. The van der Waals surface area contributed by atoms with Gasteiger partial charge in [-0.3, -0.25) is 4.90 Å². The highest BCUT2D eigenvalue weighted by Crippen LogP contribution is 2.08. The lowest BCUT2D eigenvalue weighted by Gasteiger charge is -2.35. The highest BCUT2D eigenvalue weighted by Gasteiger charge is 2.23. The van der Waals surface area contributed by atoms with Crippen molar-refractivity contribution < 1.29 is 9.21 Å². The molecule has 1 aromatic heterocycles. The van der Waals surface area contributed by atoms with Gasteiger partial charge >= 0.3 is 6.03 Å². The maximum atomic E-state index is 11.8. The summed E-state index contributed by atoms with van der Waals surface area (Å²) in [6.45, 7) is 5.59. The summed E-state index contributed by atoms with van der Waals surface area (Å²) in [5.41, 5.74) is 0. The van der Waals surface area contributed by atoms with Crippen molar-refractivity contribution in [3.63, 3.8) is 0 Å². The highest BCUT2D eigenvalue weighted by molar-refractivity contribution is 5.73. The van der Waals surface area contributed by atoms with Crippen molar-refractivity contribution in [2.75, 3.05) is 40.3 Å². The maximum Gasteiger partial charge on any atom is 0.319 e. The zero-order valence-corrected chi connectivity index (χ0v) is 11.1. The Morgan fingerprint density at radius 2 is 1.94 bits per heavy atom. The number of hydrogen-bond donors (Lipinski definition) is 0. The molecule has 1 saturated heterocycles. The van der Waals surface area contributed by atoms with E-state index in [1.807, 2.05) is 4.90 Å². The van der Waals surface area contributed by atoms with Crippen LogP contribution in [-0.2, 0) is 6.54 Å². The van der Waals surface area contributed by atoms with Crippen LogP contribution in [0.3, 0.4) is 0 Å². The van der Waals surface area contributed by atoms with Gasteiger partial charge in [-0.15, -0.1) is 10.2 Å². The number of nitrogens with zero attached hydrogens (tertiary/aromatic N) is 5. The first kappa shape index (κ1) is 12.8. The third-order valence-electron chi connectivity index (χ3n) is 2.95. The topological polar surface area (TPSA) is 65.7 Å². The lowest BCUT2D eigenvalue weighted by Crippen LogP contribution is -2.51. The average Bonchev–Trinajstić information content (AvgIpc) is 2.75. The van der Waals surface area contributed by atoms with Crippen molar-refractivity contribution in [3.8, 4) is 0 Å². The Morgan fingerprint density at radius 1 is 1.28 bits per heavy atom. The summed E-state index contributed by atoms with van der Waals surface area (Å²) in [5.74, 6) is 1.23. The normalized spacial score (nSPS) is 16.9. The largest absolute Gasteiger partial charge is 0.424 e. The number of hydrogen-bond acceptors (Lipinski definition) is 5. The van der Waals surface area contributed by atoms with Gasteiger partial charge in [0.2, 0.25) is 11.8 Å². The summed E-state index contributed by atoms with van der Waals surface area (Å²) in [5, 5.41) is 7.78. The molecule has 1 aromatic rings. The molecular weight excluding hydrogens is 234 g/mol. The highest BCUT2D eigenvalue weighted by atomic mass is 16.4. The number of carbonyl (C=O) groups is 1. The quantitative estimate of drug-likeness (QED) is 0.752. The van der Waals surface area contributed by atoms with E-state index in [0.29, 0.717) is 18.3 Å². The first-order valence-corrected chi connectivity index (χ1v) is 6.04. The number of aromatic nitrogens is 2. The second-order valence-electron chi connectivity index (χ2n) is 4.66. The van der Waals surface area contributed by atoms with Gasteiger partial charge in [-0.2, -0.15) is 0 Å². The molecule has 0 unspecified atom stereocenters. The second kappa shape index (κ2) is 5.34. The fraction of sp³-hybridized carbons (Fsp3) is 0.727. The van der Waals surface area contributed by atoms with Crippen LogP contribution in [0.1, 0.15) is 11.8 Å².